The van der Waals surface area contributed by atoms with Crippen molar-refractivity contribution in [1.29, 1.82) is 0 Å². The van der Waals surface area contributed by atoms with E-state index in [2.05, 4.69) is 20.4 Å². The zero-order chi connectivity index (χ0) is 16.3. The molecule has 0 bridgehead atoms. The van der Waals surface area contributed by atoms with Gasteiger partial charge in [0.2, 0.25) is 11.0 Å². The number of anilines is 1. The molecule has 2 aliphatic heterocycles. The Morgan fingerprint density at radius 2 is 2.22 bits per heavy atom. The highest BCUT2D eigenvalue weighted by atomic mass is 32.1. The van der Waals surface area contributed by atoms with E-state index < -0.39 is 0 Å². The molecule has 128 valence electrons. The van der Waals surface area contributed by atoms with Gasteiger partial charge in [0.1, 0.15) is 11.6 Å². The average Bonchev–Trinajstić information content (AvgIpc) is 2.97. The van der Waals surface area contributed by atoms with E-state index in [1.165, 1.54) is 7.11 Å². The molecule has 1 amide bonds. The minimum absolute atomic E-state index is 0.0652. The molecule has 1 aromatic heterocycles. The van der Waals surface area contributed by atoms with E-state index in [0.717, 1.165) is 49.1 Å². The Morgan fingerprint density at radius 3 is 2.87 bits per heavy atom. The van der Waals surface area contributed by atoms with Crippen LogP contribution in [0.1, 0.15) is 24.3 Å². The van der Waals surface area contributed by atoms with E-state index in [-0.39, 0.29) is 24.0 Å². The van der Waals surface area contributed by atoms with E-state index in [4.69, 9.17) is 9.47 Å². The minimum atomic E-state index is -0.0652. The number of aryl methyl sites for hydroxylation is 1. The van der Waals surface area contributed by atoms with Crippen LogP contribution < -0.4 is 10.2 Å². The monoisotopic (exact) mass is 340 g/mol. The Balaban J connectivity index is 1.64. The first-order valence-corrected chi connectivity index (χ1v) is 8.86. The van der Waals surface area contributed by atoms with Crippen LogP contribution in [0.3, 0.4) is 0 Å². The summed E-state index contributed by atoms with van der Waals surface area (Å²) < 4.78 is 10.5. The Kier molecular flexibility index (Phi) is 5.13. The SMILES string of the molecule is COCC(=O)NC1COCCC12CCN(c1nnc(C)s1)CC2. The van der Waals surface area contributed by atoms with Crippen LogP contribution in [0, 0.1) is 12.3 Å². The van der Waals surface area contributed by atoms with Gasteiger partial charge in [0.05, 0.1) is 12.6 Å². The Morgan fingerprint density at radius 1 is 1.43 bits per heavy atom. The summed E-state index contributed by atoms with van der Waals surface area (Å²) in [6, 6.07) is 0.0669. The number of hydrogen-bond donors (Lipinski definition) is 1. The van der Waals surface area contributed by atoms with Gasteiger partial charge in [-0.05, 0) is 31.6 Å². The third-order valence-electron chi connectivity index (χ3n) is 4.92. The third-order valence-corrected chi connectivity index (χ3v) is 5.82. The van der Waals surface area contributed by atoms with Crippen molar-refractivity contribution in [3.63, 3.8) is 0 Å². The van der Waals surface area contributed by atoms with Crippen LogP contribution in [0.4, 0.5) is 5.13 Å². The number of nitrogens with one attached hydrogen (secondary N) is 1. The van der Waals surface area contributed by atoms with Gasteiger partial charge in [0.15, 0.2) is 0 Å². The number of amides is 1. The lowest BCUT2D eigenvalue weighted by Gasteiger charge is -2.49. The quantitative estimate of drug-likeness (QED) is 0.881. The topological polar surface area (TPSA) is 76.6 Å². The van der Waals surface area contributed by atoms with Crippen LogP contribution in [0.5, 0.6) is 0 Å². The summed E-state index contributed by atoms with van der Waals surface area (Å²) in [4.78, 5) is 14.2. The maximum Gasteiger partial charge on any atom is 0.246 e. The molecule has 23 heavy (non-hydrogen) atoms. The molecule has 0 radical (unpaired) electrons. The van der Waals surface area contributed by atoms with Gasteiger partial charge >= 0.3 is 0 Å². The second-order valence-electron chi connectivity index (χ2n) is 6.33. The summed E-state index contributed by atoms with van der Waals surface area (Å²) in [6.07, 6.45) is 3.06. The van der Waals surface area contributed by atoms with Crippen molar-refractivity contribution in [3.8, 4) is 0 Å². The van der Waals surface area contributed by atoms with Crippen LogP contribution in [0.25, 0.3) is 0 Å². The number of carbonyl (C=O) groups is 1. The molecule has 3 heterocycles. The summed E-state index contributed by atoms with van der Waals surface area (Å²) in [5.41, 5.74) is 0.123. The largest absolute Gasteiger partial charge is 0.379 e. The Labute approximate surface area is 140 Å². The molecule has 2 saturated heterocycles. The van der Waals surface area contributed by atoms with Crippen LogP contribution >= 0.6 is 11.3 Å². The number of ether oxygens (including phenoxy) is 2. The fraction of sp³-hybridized carbons (Fsp3) is 0.800. The van der Waals surface area contributed by atoms with Gasteiger partial charge in [-0.3, -0.25) is 4.79 Å². The average molecular weight is 340 g/mol. The zero-order valence-electron chi connectivity index (χ0n) is 13.7. The van der Waals surface area contributed by atoms with Gasteiger partial charge in [-0.2, -0.15) is 0 Å². The standard InChI is InChI=1S/C15H24N4O3S/c1-11-17-18-14(23-11)19-6-3-15(4-7-19)5-8-22-9-12(15)16-13(20)10-21-2/h12H,3-10H2,1-2H3,(H,16,20). The lowest BCUT2D eigenvalue weighted by molar-refractivity contribution is -0.129. The Hall–Kier alpha value is -1.25. The number of nitrogens with zero attached hydrogens (tertiary/aromatic N) is 3. The van der Waals surface area contributed by atoms with Gasteiger partial charge in [0, 0.05) is 26.8 Å². The van der Waals surface area contributed by atoms with E-state index in [1.54, 1.807) is 11.3 Å². The second kappa shape index (κ2) is 7.11. The molecule has 1 unspecified atom stereocenters. The van der Waals surface area contributed by atoms with Crippen molar-refractivity contribution in [1.82, 2.24) is 15.5 Å². The summed E-state index contributed by atoms with van der Waals surface area (Å²) in [7, 11) is 1.54. The minimum Gasteiger partial charge on any atom is -0.379 e. The number of rotatable bonds is 4. The lowest BCUT2D eigenvalue weighted by Crippen LogP contribution is -2.58. The summed E-state index contributed by atoms with van der Waals surface area (Å²) in [5, 5.41) is 13.5. The van der Waals surface area contributed by atoms with E-state index >= 15 is 0 Å². The van der Waals surface area contributed by atoms with E-state index in [0.29, 0.717) is 6.61 Å². The number of carbonyl (C=O) groups excluding carboxylic acids is 1. The zero-order valence-corrected chi connectivity index (χ0v) is 14.5. The van der Waals surface area contributed by atoms with Crippen LogP contribution in [-0.4, -0.2) is 62.2 Å². The molecular formula is C15H24N4O3S. The normalized spacial score (nSPS) is 23.9. The predicted octanol–water partition coefficient (Wildman–Crippen LogP) is 0.985. The van der Waals surface area contributed by atoms with E-state index in [1.807, 2.05) is 6.92 Å². The first-order chi connectivity index (χ1) is 11.1. The molecular weight excluding hydrogens is 316 g/mol. The van der Waals surface area contributed by atoms with Gasteiger partial charge in [0.25, 0.3) is 0 Å². The molecule has 0 aromatic carbocycles. The molecule has 1 N–H and O–H groups in total. The highest BCUT2D eigenvalue weighted by Crippen LogP contribution is 2.42. The van der Waals surface area contributed by atoms with Crippen molar-refractivity contribution < 1.29 is 14.3 Å². The number of piperidine rings is 1. The Bertz CT molecular complexity index is 543. The van der Waals surface area contributed by atoms with Crippen LogP contribution in [-0.2, 0) is 14.3 Å². The molecule has 3 rings (SSSR count). The summed E-state index contributed by atoms with van der Waals surface area (Å²) >= 11 is 1.64. The molecule has 2 fully saturated rings. The predicted molar refractivity (Wildman–Crippen MR) is 87.8 cm³/mol. The molecule has 1 atom stereocenters. The van der Waals surface area contributed by atoms with Crippen molar-refractivity contribution >= 4 is 22.4 Å². The third kappa shape index (κ3) is 3.64. The summed E-state index contributed by atoms with van der Waals surface area (Å²) in [5.74, 6) is -0.0652. The first kappa shape index (κ1) is 16.6. The maximum atomic E-state index is 11.9. The number of hydrogen-bond acceptors (Lipinski definition) is 7. The number of methoxy groups -OCH3 is 1. The van der Waals surface area contributed by atoms with Crippen molar-refractivity contribution in [2.24, 2.45) is 5.41 Å². The first-order valence-electron chi connectivity index (χ1n) is 8.04. The maximum absolute atomic E-state index is 11.9. The lowest BCUT2D eigenvalue weighted by atomic mass is 9.69. The van der Waals surface area contributed by atoms with Crippen LogP contribution in [0.15, 0.2) is 0 Å². The second-order valence-corrected chi connectivity index (χ2v) is 7.49. The molecule has 7 nitrogen and oxygen atoms in total. The fourth-order valence-corrected chi connectivity index (χ4v) is 4.28. The number of aromatic nitrogens is 2. The highest BCUT2D eigenvalue weighted by Gasteiger charge is 2.44. The fourth-order valence-electron chi connectivity index (χ4n) is 3.55. The van der Waals surface area contributed by atoms with Crippen molar-refractivity contribution in [2.75, 3.05) is 44.9 Å². The van der Waals surface area contributed by atoms with Crippen molar-refractivity contribution in [3.05, 3.63) is 5.01 Å². The van der Waals surface area contributed by atoms with Gasteiger partial charge in [-0.25, -0.2) is 0 Å². The molecule has 0 aliphatic carbocycles. The van der Waals surface area contributed by atoms with Gasteiger partial charge in [-0.15, -0.1) is 10.2 Å². The molecule has 0 saturated carbocycles. The van der Waals surface area contributed by atoms with Gasteiger partial charge in [-0.1, -0.05) is 11.3 Å². The smallest absolute Gasteiger partial charge is 0.246 e. The van der Waals surface area contributed by atoms with E-state index in [9.17, 15) is 4.79 Å². The molecule has 2 aliphatic rings. The highest BCUT2D eigenvalue weighted by molar-refractivity contribution is 7.15. The molecule has 1 spiro atoms. The van der Waals surface area contributed by atoms with Crippen LogP contribution in [0.2, 0.25) is 0 Å². The molecule has 1 aromatic rings. The molecule has 8 heteroatoms. The van der Waals surface area contributed by atoms with Crippen molar-refractivity contribution in [2.45, 2.75) is 32.2 Å². The summed E-state index contributed by atoms with van der Waals surface area (Å²) in [6.45, 7) is 5.34. The van der Waals surface area contributed by atoms with Gasteiger partial charge < -0.3 is 19.7 Å².